The summed E-state index contributed by atoms with van der Waals surface area (Å²) in [5.74, 6) is 0.483. The molecule has 0 aliphatic carbocycles. The predicted octanol–water partition coefficient (Wildman–Crippen LogP) is 0.920. The molecule has 3 aliphatic rings. The summed E-state index contributed by atoms with van der Waals surface area (Å²) in [6.07, 6.45) is -5.12. The molecule has 0 saturated carbocycles. The summed E-state index contributed by atoms with van der Waals surface area (Å²) in [6.45, 7) is 0.426. The maximum Gasteiger partial charge on any atom is 0.271 e. The highest BCUT2D eigenvalue weighted by Gasteiger charge is 2.46. The molecule has 1 fully saturated rings. The van der Waals surface area contributed by atoms with Crippen LogP contribution in [0.1, 0.15) is 0 Å². The normalized spacial score (nSPS) is 26.3. The third-order valence-corrected chi connectivity index (χ3v) is 5.38. The number of nitrogens with zero attached hydrogens (tertiary/aromatic N) is 4. The van der Waals surface area contributed by atoms with Gasteiger partial charge in [-0.25, -0.2) is 0 Å². The van der Waals surface area contributed by atoms with Crippen LogP contribution in [0.4, 0.5) is 22.7 Å². The topological polar surface area (TPSA) is 161 Å². The van der Waals surface area contributed by atoms with Gasteiger partial charge >= 0.3 is 0 Å². The second-order valence-electron chi connectivity index (χ2n) is 7.14. The van der Waals surface area contributed by atoms with E-state index in [2.05, 4.69) is 0 Å². The van der Waals surface area contributed by atoms with Gasteiger partial charge in [-0.3, -0.25) is 20.2 Å². The lowest BCUT2D eigenvalue weighted by molar-refractivity contribution is -0.385. The molecule has 162 valence electrons. The third kappa shape index (κ3) is 3.06. The SMILES string of the molecule is O=[N+]([O-])c1ccc2c(c1)N1CCN3c4cc([N+](=O)[O-])ccc4O[C@H](O)[C@H]3O[C@@H]1[C@@H](O)O2. The molecule has 0 amide bonds. The fourth-order valence-electron chi connectivity index (χ4n) is 3.98. The first-order chi connectivity index (χ1) is 14.8. The highest BCUT2D eigenvalue weighted by molar-refractivity contribution is 5.67. The summed E-state index contributed by atoms with van der Waals surface area (Å²) < 4.78 is 16.8. The minimum atomic E-state index is -1.45. The van der Waals surface area contributed by atoms with E-state index in [0.717, 1.165) is 0 Å². The highest BCUT2D eigenvalue weighted by atomic mass is 16.7. The van der Waals surface area contributed by atoms with Crippen molar-refractivity contribution in [2.24, 2.45) is 0 Å². The van der Waals surface area contributed by atoms with Crippen LogP contribution < -0.4 is 19.3 Å². The molecule has 2 aromatic carbocycles. The van der Waals surface area contributed by atoms with Gasteiger partial charge in [0.1, 0.15) is 11.5 Å². The van der Waals surface area contributed by atoms with Crippen LogP contribution in [-0.4, -0.2) is 58.2 Å². The number of hydrogen-bond acceptors (Lipinski definition) is 11. The third-order valence-electron chi connectivity index (χ3n) is 5.38. The summed E-state index contributed by atoms with van der Waals surface area (Å²) >= 11 is 0. The average Bonchev–Trinajstić information content (AvgIpc) is 2.95. The number of aliphatic hydroxyl groups is 2. The molecule has 31 heavy (non-hydrogen) atoms. The van der Waals surface area contributed by atoms with E-state index in [1.165, 1.54) is 36.4 Å². The van der Waals surface area contributed by atoms with Gasteiger partial charge < -0.3 is 34.2 Å². The molecular weight excluding hydrogens is 416 g/mol. The number of nitro benzene ring substituents is 2. The van der Waals surface area contributed by atoms with E-state index in [0.29, 0.717) is 11.4 Å². The van der Waals surface area contributed by atoms with Gasteiger partial charge in [-0.05, 0) is 12.1 Å². The number of aliphatic hydroxyl groups excluding tert-OH is 2. The zero-order valence-electron chi connectivity index (χ0n) is 15.7. The lowest BCUT2D eigenvalue weighted by Crippen LogP contribution is -2.55. The van der Waals surface area contributed by atoms with Gasteiger partial charge in [-0.2, -0.15) is 0 Å². The van der Waals surface area contributed by atoms with Crippen LogP contribution in [0.25, 0.3) is 0 Å². The quantitative estimate of drug-likeness (QED) is 0.513. The van der Waals surface area contributed by atoms with Crippen LogP contribution >= 0.6 is 0 Å². The predicted molar refractivity (Wildman–Crippen MR) is 103 cm³/mol. The fourth-order valence-corrected chi connectivity index (χ4v) is 3.98. The Balaban J connectivity index is 1.55. The monoisotopic (exact) mass is 432 g/mol. The first-order valence-electron chi connectivity index (χ1n) is 9.28. The smallest absolute Gasteiger partial charge is 0.271 e. The minimum Gasteiger partial charge on any atom is -0.458 e. The second kappa shape index (κ2) is 6.94. The number of anilines is 2. The Morgan fingerprint density at radius 3 is 1.61 bits per heavy atom. The maximum atomic E-state index is 11.2. The van der Waals surface area contributed by atoms with E-state index < -0.39 is 34.9 Å². The Hall–Kier alpha value is -3.68. The van der Waals surface area contributed by atoms with Crippen molar-refractivity contribution in [3.8, 4) is 11.5 Å². The van der Waals surface area contributed by atoms with E-state index >= 15 is 0 Å². The fraction of sp³-hybridized carbons (Fsp3) is 0.333. The van der Waals surface area contributed by atoms with E-state index in [-0.39, 0.29) is 36.0 Å². The van der Waals surface area contributed by atoms with Crippen molar-refractivity contribution in [1.82, 2.24) is 0 Å². The Morgan fingerprint density at radius 2 is 1.23 bits per heavy atom. The Kier molecular flexibility index (Phi) is 4.32. The second-order valence-corrected chi connectivity index (χ2v) is 7.14. The molecule has 0 bridgehead atoms. The molecule has 0 unspecified atom stereocenters. The lowest BCUT2D eigenvalue weighted by Gasteiger charge is -2.42. The van der Waals surface area contributed by atoms with Gasteiger partial charge in [-0.1, -0.05) is 0 Å². The molecule has 0 spiro atoms. The molecule has 3 aliphatic heterocycles. The van der Waals surface area contributed by atoms with E-state index in [1.807, 2.05) is 0 Å². The van der Waals surface area contributed by atoms with E-state index in [4.69, 9.17) is 14.2 Å². The van der Waals surface area contributed by atoms with Crippen molar-refractivity contribution in [3.05, 3.63) is 56.6 Å². The number of benzene rings is 2. The average molecular weight is 432 g/mol. The van der Waals surface area contributed by atoms with Crippen LogP contribution in [0.15, 0.2) is 36.4 Å². The Bertz CT molecular complexity index is 996. The van der Waals surface area contributed by atoms with Crippen molar-refractivity contribution >= 4 is 22.7 Å². The van der Waals surface area contributed by atoms with Crippen molar-refractivity contribution < 1.29 is 34.3 Å². The summed E-state index contributed by atoms with van der Waals surface area (Å²) in [7, 11) is 0. The number of nitro groups is 2. The van der Waals surface area contributed by atoms with Gasteiger partial charge in [0.2, 0.25) is 12.6 Å². The lowest BCUT2D eigenvalue weighted by atomic mass is 10.2. The standard InChI is InChI=1S/C18H16N4O9/c23-17-15-19(11-7-9(21(25)26)1-3-13(11)29-17)5-6-20-12-8-10(22(27)28)2-4-14(12)30-18(24)16(20)31-15/h1-4,7-8,15-18,23-24H,5-6H2/t15-,16-,17+,18+/m1/s1. The Labute approximate surface area is 173 Å². The molecule has 5 rings (SSSR count). The van der Waals surface area contributed by atoms with Crippen molar-refractivity contribution in [3.63, 3.8) is 0 Å². The molecule has 0 radical (unpaired) electrons. The minimum absolute atomic E-state index is 0.163. The van der Waals surface area contributed by atoms with Crippen LogP contribution in [0.3, 0.4) is 0 Å². The number of non-ortho nitro benzene ring substituents is 2. The summed E-state index contributed by atoms with van der Waals surface area (Å²) in [4.78, 5) is 24.5. The summed E-state index contributed by atoms with van der Waals surface area (Å²) in [6, 6.07) is 7.94. The van der Waals surface area contributed by atoms with Gasteiger partial charge in [0.05, 0.1) is 21.2 Å². The molecule has 3 heterocycles. The zero-order chi connectivity index (χ0) is 21.9. The van der Waals surface area contributed by atoms with Crippen molar-refractivity contribution in [1.29, 1.82) is 0 Å². The number of ether oxygens (including phenoxy) is 3. The molecule has 1 saturated heterocycles. The van der Waals surface area contributed by atoms with E-state index in [9.17, 15) is 30.4 Å². The van der Waals surface area contributed by atoms with Crippen LogP contribution in [-0.2, 0) is 4.74 Å². The first kappa shape index (κ1) is 19.3. The summed E-state index contributed by atoms with van der Waals surface area (Å²) in [5, 5.41) is 43.4. The number of fused-ring (bicyclic) bond motifs is 6. The van der Waals surface area contributed by atoms with Gasteiger partial charge in [0.25, 0.3) is 11.4 Å². The molecule has 2 aromatic rings. The molecule has 2 N–H and O–H groups in total. The zero-order valence-corrected chi connectivity index (χ0v) is 15.7. The number of rotatable bonds is 2. The van der Waals surface area contributed by atoms with Crippen LogP contribution in [0, 0.1) is 20.2 Å². The molecule has 0 aromatic heterocycles. The Morgan fingerprint density at radius 1 is 0.806 bits per heavy atom. The largest absolute Gasteiger partial charge is 0.458 e. The van der Waals surface area contributed by atoms with Crippen molar-refractivity contribution in [2.75, 3.05) is 22.9 Å². The molecule has 13 heteroatoms. The van der Waals surface area contributed by atoms with Gasteiger partial charge in [0.15, 0.2) is 12.5 Å². The van der Waals surface area contributed by atoms with Crippen LogP contribution in [0.5, 0.6) is 11.5 Å². The van der Waals surface area contributed by atoms with Gasteiger partial charge in [0, 0.05) is 37.4 Å². The number of hydrogen-bond donors (Lipinski definition) is 2. The molecular formula is C18H16N4O9. The summed E-state index contributed by atoms with van der Waals surface area (Å²) in [5.41, 5.74) is 0.366. The first-order valence-corrected chi connectivity index (χ1v) is 9.28. The van der Waals surface area contributed by atoms with Crippen LogP contribution in [0.2, 0.25) is 0 Å². The molecule has 4 atom stereocenters. The van der Waals surface area contributed by atoms with E-state index in [1.54, 1.807) is 9.80 Å². The molecule has 13 nitrogen and oxygen atoms in total. The van der Waals surface area contributed by atoms with Gasteiger partial charge in [-0.15, -0.1) is 0 Å². The maximum absolute atomic E-state index is 11.2. The van der Waals surface area contributed by atoms with Crippen molar-refractivity contribution in [2.45, 2.75) is 25.0 Å². The highest BCUT2D eigenvalue weighted by Crippen LogP contribution is 2.44.